The summed E-state index contributed by atoms with van der Waals surface area (Å²) in [5.41, 5.74) is 2.01. The number of halogens is 1. The fourth-order valence-corrected chi connectivity index (χ4v) is 5.07. The first-order chi connectivity index (χ1) is 12.2. The maximum absolute atomic E-state index is 14.0. The minimum atomic E-state index is -0.141. The number of carbonyl (C=O) groups excluding carboxylic acids is 1. The van der Waals surface area contributed by atoms with E-state index < -0.39 is 0 Å². The highest BCUT2D eigenvalue weighted by molar-refractivity contribution is 7.99. The third kappa shape index (κ3) is 5.25. The van der Waals surface area contributed by atoms with Gasteiger partial charge in [-0.3, -0.25) is 4.79 Å². The molecule has 0 N–H and O–H groups in total. The Morgan fingerprint density at radius 2 is 1.88 bits per heavy atom. The number of nitrogens with zero attached hydrogens (tertiary/aromatic N) is 1. The molecule has 1 aliphatic heterocycles. The smallest absolute Gasteiger partial charge is 0.232 e. The van der Waals surface area contributed by atoms with Gasteiger partial charge in [0.05, 0.1) is 5.75 Å². The van der Waals surface area contributed by atoms with E-state index in [1.807, 2.05) is 35.2 Å². The summed E-state index contributed by atoms with van der Waals surface area (Å²) >= 11 is 3.41. The average molecular weight is 376 g/mol. The first-order valence-electron chi connectivity index (χ1n) is 8.49. The Morgan fingerprint density at radius 1 is 1.12 bits per heavy atom. The lowest BCUT2D eigenvalue weighted by molar-refractivity contribution is -0.128. The van der Waals surface area contributed by atoms with Gasteiger partial charge in [-0.15, -0.1) is 11.8 Å². The van der Waals surface area contributed by atoms with Gasteiger partial charge < -0.3 is 4.90 Å². The van der Waals surface area contributed by atoms with E-state index in [-0.39, 0.29) is 17.0 Å². The first-order valence-corrected chi connectivity index (χ1v) is 10.7. The molecule has 3 rings (SSSR count). The predicted molar refractivity (Wildman–Crippen MR) is 105 cm³/mol. The Bertz CT molecular complexity index is 695. The van der Waals surface area contributed by atoms with Crippen molar-refractivity contribution in [2.24, 2.45) is 0 Å². The largest absolute Gasteiger partial charge is 0.341 e. The molecule has 1 atom stereocenters. The van der Waals surface area contributed by atoms with E-state index in [2.05, 4.69) is 12.1 Å². The van der Waals surface area contributed by atoms with Gasteiger partial charge in [-0.25, -0.2) is 4.39 Å². The zero-order chi connectivity index (χ0) is 17.5. The lowest BCUT2D eigenvalue weighted by Gasteiger charge is -2.20. The second kappa shape index (κ2) is 9.30. The first kappa shape index (κ1) is 18.3. The molecule has 1 heterocycles. The van der Waals surface area contributed by atoms with Crippen molar-refractivity contribution in [3.8, 4) is 0 Å². The van der Waals surface area contributed by atoms with Crippen molar-refractivity contribution in [3.05, 3.63) is 71.5 Å². The van der Waals surface area contributed by atoms with Crippen LogP contribution in [0.5, 0.6) is 0 Å². The molecule has 2 aromatic rings. The molecule has 1 fully saturated rings. The molecule has 0 spiro atoms. The maximum atomic E-state index is 14.0. The average Bonchev–Trinajstić information content (AvgIpc) is 2.89. The Balaban J connectivity index is 1.49. The normalized spacial score (nSPS) is 18.0. The van der Waals surface area contributed by atoms with E-state index in [9.17, 15) is 9.18 Å². The highest BCUT2D eigenvalue weighted by Gasteiger charge is 2.23. The van der Waals surface area contributed by atoms with Crippen LogP contribution in [0.1, 0.15) is 22.8 Å². The number of thioether (sulfide) groups is 2. The molecule has 2 nitrogen and oxygen atoms in total. The molecule has 1 aliphatic rings. The molecule has 1 amide bonds. The Kier molecular flexibility index (Phi) is 6.82. The van der Waals surface area contributed by atoms with Crippen LogP contribution in [-0.4, -0.2) is 35.4 Å². The number of carbonyl (C=O) groups is 1. The summed E-state index contributed by atoms with van der Waals surface area (Å²) in [6, 6.07) is 17.2. The zero-order valence-electron chi connectivity index (χ0n) is 14.1. The maximum Gasteiger partial charge on any atom is 0.232 e. The molecule has 2 aromatic carbocycles. The van der Waals surface area contributed by atoms with Crippen LogP contribution in [0.3, 0.4) is 0 Å². The summed E-state index contributed by atoms with van der Waals surface area (Å²) in [6.45, 7) is 1.46. The molecule has 132 valence electrons. The van der Waals surface area contributed by atoms with E-state index in [0.29, 0.717) is 12.3 Å². The second-order valence-corrected chi connectivity index (χ2v) is 8.33. The van der Waals surface area contributed by atoms with Gasteiger partial charge in [0.15, 0.2) is 0 Å². The van der Waals surface area contributed by atoms with Crippen molar-refractivity contribution in [1.29, 1.82) is 0 Å². The Hall–Kier alpha value is -1.46. The van der Waals surface area contributed by atoms with Gasteiger partial charge in [0.25, 0.3) is 0 Å². The van der Waals surface area contributed by atoms with Crippen LogP contribution in [0.25, 0.3) is 0 Å². The molecule has 5 heteroatoms. The molecule has 0 bridgehead atoms. The lowest BCUT2D eigenvalue weighted by Crippen LogP contribution is -2.34. The number of hydrogen-bond donors (Lipinski definition) is 0. The predicted octanol–water partition coefficient (Wildman–Crippen LogP) is 4.77. The van der Waals surface area contributed by atoms with Gasteiger partial charge in [0.2, 0.25) is 5.91 Å². The van der Waals surface area contributed by atoms with Gasteiger partial charge in [0, 0.05) is 35.4 Å². The van der Waals surface area contributed by atoms with E-state index in [1.54, 1.807) is 29.6 Å². The molecular weight excluding hydrogens is 353 g/mol. The summed E-state index contributed by atoms with van der Waals surface area (Å²) in [5.74, 6) is 2.26. The fraction of sp³-hybridized carbons (Fsp3) is 0.350. The number of hydrogen-bond acceptors (Lipinski definition) is 3. The van der Waals surface area contributed by atoms with Gasteiger partial charge >= 0.3 is 0 Å². The Morgan fingerprint density at radius 3 is 2.68 bits per heavy atom. The molecule has 0 aromatic heterocycles. The van der Waals surface area contributed by atoms with Crippen LogP contribution in [0.4, 0.5) is 4.39 Å². The third-order valence-electron chi connectivity index (χ3n) is 4.28. The highest BCUT2D eigenvalue weighted by atomic mass is 32.2. The van der Waals surface area contributed by atoms with Crippen molar-refractivity contribution >= 4 is 29.4 Å². The Labute approximate surface area is 157 Å². The monoisotopic (exact) mass is 375 g/mol. The summed E-state index contributed by atoms with van der Waals surface area (Å²) < 4.78 is 14.0. The molecule has 1 unspecified atom stereocenters. The van der Waals surface area contributed by atoms with Crippen LogP contribution < -0.4 is 0 Å². The minimum Gasteiger partial charge on any atom is -0.341 e. The van der Waals surface area contributed by atoms with Gasteiger partial charge in [-0.2, -0.15) is 11.8 Å². The minimum absolute atomic E-state index is 0.135. The van der Waals surface area contributed by atoms with Crippen LogP contribution in [0.15, 0.2) is 54.6 Å². The SMILES string of the molecule is O=C(CSCc1ccccc1)N1CCSC(c2ccccc2F)CC1. The number of amides is 1. The summed E-state index contributed by atoms with van der Waals surface area (Å²) in [5, 5.41) is 0.135. The lowest BCUT2D eigenvalue weighted by atomic mass is 10.1. The van der Waals surface area contributed by atoms with Crippen molar-refractivity contribution in [2.75, 3.05) is 24.6 Å². The van der Waals surface area contributed by atoms with Crippen molar-refractivity contribution in [2.45, 2.75) is 17.4 Å². The van der Waals surface area contributed by atoms with Crippen LogP contribution >= 0.6 is 23.5 Å². The summed E-state index contributed by atoms with van der Waals surface area (Å²) in [6.07, 6.45) is 0.806. The molecule has 0 radical (unpaired) electrons. The van der Waals surface area contributed by atoms with E-state index in [4.69, 9.17) is 0 Å². The quantitative estimate of drug-likeness (QED) is 0.751. The molecule has 0 saturated carbocycles. The molecule has 0 aliphatic carbocycles. The zero-order valence-corrected chi connectivity index (χ0v) is 15.7. The van der Waals surface area contributed by atoms with Crippen LogP contribution in [-0.2, 0) is 10.5 Å². The molecular formula is C20H22FNOS2. The van der Waals surface area contributed by atoms with Gasteiger partial charge in [-0.05, 0) is 18.1 Å². The van der Waals surface area contributed by atoms with Gasteiger partial charge in [-0.1, -0.05) is 48.5 Å². The van der Waals surface area contributed by atoms with Crippen molar-refractivity contribution in [3.63, 3.8) is 0 Å². The van der Waals surface area contributed by atoms with E-state index in [0.717, 1.165) is 30.0 Å². The second-order valence-electron chi connectivity index (χ2n) is 6.03. The van der Waals surface area contributed by atoms with E-state index in [1.165, 1.54) is 11.6 Å². The highest BCUT2D eigenvalue weighted by Crippen LogP contribution is 2.35. The summed E-state index contributed by atoms with van der Waals surface area (Å²) in [4.78, 5) is 14.4. The third-order valence-corrected chi connectivity index (χ3v) is 6.58. The van der Waals surface area contributed by atoms with Crippen molar-refractivity contribution < 1.29 is 9.18 Å². The molecule has 1 saturated heterocycles. The topological polar surface area (TPSA) is 20.3 Å². The number of benzene rings is 2. The fourth-order valence-electron chi connectivity index (χ4n) is 2.93. The molecule has 25 heavy (non-hydrogen) atoms. The standard InChI is InChI=1S/C20H22FNOS2/c21-18-9-5-4-8-17(18)19-10-11-22(12-13-25-19)20(23)15-24-14-16-6-2-1-3-7-16/h1-9,19H,10-15H2. The van der Waals surface area contributed by atoms with Crippen LogP contribution in [0, 0.1) is 5.82 Å². The summed E-state index contributed by atoms with van der Waals surface area (Å²) in [7, 11) is 0. The van der Waals surface area contributed by atoms with Crippen molar-refractivity contribution in [1.82, 2.24) is 4.90 Å². The van der Waals surface area contributed by atoms with Gasteiger partial charge in [0.1, 0.15) is 5.82 Å². The van der Waals surface area contributed by atoms with Crippen LogP contribution in [0.2, 0.25) is 0 Å². The number of rotatable bonds is 5. The van der Waals surface area contributed by atoms with E-state index >= 15 is 0 Å².